The van der Waals surface area contributed by atoms with Gasteiger partial charge in [0.1, 0.15) is 5.01 Å². The van der Waals surface area contributed by atoms with Gasteiger partial charge in [0.05, 0.1) is 17.9 Å². The van der Waals surface area contributed by atoms with Crippen LogP contribution < -0.4 is 5.32 Å². The van der Waals surface area contributed by atoms with Gasteiger partial charge in [0.25, 0.3) is 0 Å². The van der Waals surface area contributed by atoms with E-state index >= 15 is 0 Å². The molecule has 28 heavy (non-hydrogen) atoms. The van der Waals surface area contributed by atoms with Crippen LogP contribution in [-0.4, -0.2) is 26.1 Å². The highest BCUT2D eigenvalue weighted by molar-refractivity contribution is 7.13. The predicted molar refractivity (Wildman–Crippen MR) is 105 cm³/mol. The third kappa shape index (κ3) is 4.47. The summed E-state index contributed by atoms with van der Waals surface area (Å²) < 4.78 is 5.58. The summed E-state index contributed by atoms with van der Waals surface area (Å²) in [6.45, 7) is 0.203. The van der Waals surface area contributed by atoms with Crippen molar-refractivity contribution in [2.75, 3.05) is 0 Å². The standard InChI is InChI=1S/C20H17N5O2S/c26-17(10-9-15-13-28-20(23-15)16-8-4-5-11-21-16)22-12-18-24-25-19(27-18)14-6-2-1-3-7-14/h1-8,11,13H,9-10,12H2,(H,22,26). The lowest BCUT2D eigenvalue weighted by Crippen LogP contribution is -2.23. The number of amides is 1. The maximum absolute atomic E-state index is 12.1. The molecule has 4 rings (SSSR count). The fourth-order valence-electron chi connectivity index (χ4n) is 2.56. The molecular weight excluding hydrogens is 374 g/mol. The second kappa shape index (κ2) is 8.53. The van der Waals surface area contributed by atoms with E-state index in [0.717, 1.165) is 22.0 Å². The zero-order valence-electron chi connectivity index (χ0n) is 14.9. The highest BCUT2D eigenvalue weighted by Crippen LogP contribution is 2.22. The number of aromatic nitrogens is 4. The van der Waals surface area contributed by atoms with Crippen molar-refractivity contribution >= 4 is 17.2 Å². The van der Waals surface area contributed by atoms with Gasteiger partial charge >= 0.3 is 0 Å². The van der Waals surface area contributed by atoms with Crippen molar-refractivity contribution < 1.29 is 9.21 Å². The lowest BCUT2D eigenvalue weighted by Gasteiger charge is -2.01. The van der Waals surface area contributed by atoms with Gasteiger partial charge in [-0.15, -0.1) is 21.5 Å². The van der Waals surface area contributed by atoms with Crippen molar-refractivity contribution in [1.82, 2.24) is 25.5 Å². The second-order valence-electron chi connectivity index (χ2n) is 6.00. The Hall–Kier alpha value is -3.39. The summed E-state index contributed by atoms with van der Waals surface area (Å²) in [6.07, 6.45) is 2.64. The molecule has 1 aromatic carbocycles. The minimum Gasteiger partial charge on any atom is -0.419 e. The summed E-state index contributed by atoms with van der Waals surface area (Å²) in [5.41, 5.74) is 2.57. The highest BCUT2D eigenvalue weighted by Gasteiger charge is 2.11. The first kappa shape index (κ1) is 18.0. The molecule has 3 heterocycles. The molecule has 0 aliphatic rings. The van der Waals surface area contributed by atoms with Crippen LogP contribution in [0.25, 0.3) is 22.2 Å². The third-order valence-electron chi connectivity index (χ3n) is 3.97. The Bertz CT molecular complexity index is 963. The largest absolute Gasteiger partial charge is 0.419 e. The van der Waals surface area contributed by atoms with Gasteiger partial charge < -0.3 is 9.73 Å². The maximum Gasteiger partial charge on any atom is 0.247 e. The van der Waals surface area contributed by atoms with Crippen molar-refractivity contribution in [2.24, 2.45) is 0 Å². The summed E-state index contributed by atoms with van der Waals surface area (Å²) in [5.74, 6) is 0.722. The first-order valence-corrected chi connectivity index (χ1v) is 9.66. The van der Waals surface area contributed by atoms with Gasteiger partial charge in [0.15, 0.2) is 0 Å². The highest BCUT2D eigenvalue weighted by atomic mass is 32.1. The van der Waals surface area contributed by atoms with Gasteiger partial charge in [-0.05, 0) is 30.7 Å². The molecule has 0 spiro atoms. The Morgan fingerprint density at radius 3 is 2.75 bits per heavy atom. The maximum atomic E-state index is 12.1. The number of thiazole rings is 1. The SMILES string of the molecule is O=C(CCc1csc(-c2ccccn2)n1)NCc1nnc(-c2ccccc2)o1. The molecule has 0 fully saturated rings. The van der Waals surface area contributed by atoms with Crippen LogP contribution in [0.2, 0.25) is 0 Å². The minimum atomic E-state index is -0.0909. The second-order valence-corrected chi connectivity index (χ2v) is 6.86. The van der Waals surface area contributed by atoms with Crippen LogP contribution in [0.4, 0.5) is 0 Å². The number of pyridine rings is 1. The molecule has 140 valence electrons. The summed E-state index contributed by atoms with van der Waals surface area (Å²) in [5, 5.41) is 13.6. The molecular formula is C20H17N5O2S. The van der Waals surface area contributed by atoms with Crippen LogP contribution >= 0.6 is 11.3 Å². The number of benzene rings is 1. The number of nitrogens with one attached hydrogen (secondary N) is 1. The van der Waals surface area contributed by atoms with Crippen LogP contribution in [0.15, 0.2) is 64.5 Å². The van der Waals surface area contributed by atoms with E-state index in [2.05, 4.69) is 25.5 Å². The number of rotatable bonds is 7. The van der Waals surface area contributed by atoms with E-state index in [4.69, 9.17) is 4.42 Å². The van der Waals surface area contributed by atoms with E-state index in [1.165, 1.54) is 11.3 Å². The summed E-state index contributed by atoms with van der Waals surface area (Å²) >= 11 is 1.53. The minimum absolute atomic E-state index is 0.0909. The molecule has 0 bridgehead atoms. The van der Waals surface area contributed by atoms with Gasteiger partial charge in [0.2, 0.25) is 17.7 Å². The van der Waals surface area contributed by atoms with E-state index < -0.39 is 0 Å². The Balaban J connectivity index is 1.26. The fourth-order valence-corrected chi connectivity index (χ4v) is 3.39. The van der Waals surface area contributed by atoms with Crippen LogP contribution in [0.1, 0.15) is 18.0 Å². The molecule has 4 aromatic rings. The molecule has 0 unspecified atom stereocenters. The van der Waals surface area contributed by atoms with E-state index in [0.29, 0.717) is 24.6 Å². The number of aryl methyl sites for hydroxylation is 1. The molecule has 7 nitrogen and oxygen atoms in total. The van der Waals surface area contributed by atoms with E-state index in [1.54, 1.807) is 6.20 Å². The van der Waals surface area contributed by atoms with Crippen LogP contribution in [0.3, 0.4) is 0 Å². The van der Waals surface area contributed by atoms with Gasteiger partial charge in [-0.3, -0.25) is 9.78 Å². The molecule has 0 saturated heterocycles. The van der Waals surface area contributed by atoms with E-state index in [-0.39, 0.29) is 12.5 Å². The molecule has 8 heteroatoms. The molecule has 0 atom stereocenters. The molecule has 0 radical (unpaired) electrons. The normalized spacial score (nSPS) is 10.7. The van der Waals surface area contributed by atoms with Crippen molar-refractivity contribution in [3.8, 4) is 22.2 Å². The molecule has 3 aromatic heterocycles. The first-order chi connectivity index (χ1) is 13.8. The van der Waals surface area contributed by atoms with Crippen LogP contribution in [-0.2, 0) is 17.8 Å². The number of carbonyl (C=O) groups excluding carboxylic acids is 1. The Morgan fingerprint density at radius 1 is 1.07 bits per heavy atom. The molecule has 1 N–H and O–H groups in total. The molecule has 0 aliphatic carbocycles. The average Bonchev–Trinajstić information content (AvgIpc) is 3.42. The summed E-state index contributed by atoms with van der Waals surface area (Å²) in [7, 11) is 0. The summed E-state index contributed by atoms with van der Waals surface area (Å²) in [4.78, 5) is 20.9. The Kier molecular flexibility index (Phi) is 5.48. The van der Waals surface area contributed by atoms with Crippen molar-refractivity contribution in [3.05, 3.63) is 71.7 Å². The number of hydrogen-bond acceptors (Lipinski definition) is 7. The monoisotopic (exact) mass is 391 g/mol. The van der Waals surface area contributed by atoms with Gasteiger partial charge in [-0.1, -0.05) is 24.3 Å². The number of hydrogen-bond donors (Lipinski definition) is 1. The fraction of sp³-hybridized carbons (Fsp3) is 0.150. The van der Waals surface area contributed by atoms with E-state index in [1.807, 2.05) is 53.9 Å². The zero-order valence-corrected chi connectivity index (χ0v) is 15.7. The average molecular weight is 391 g/mol. The van der Waals surface area contributed by atoms with Gasteiger partial charge in [-0.2, -0.15) is 0 Å². The molecule has 0 aliphatic heterocycles. The van der Waals surface area contributed by atoms with Crippen LogP contribution in [0.5, 0.6) is 0 Å². The van der Waals surface area contributed by atoms with E-state index in [9.17, 15) is 4.79 Å². The number of carbonyl (C=O) groups is 1. The van der Waals surface area contributed by atoms with Crippen molar-refractivity contribution in [2.45, 2.75) is 19.4 Å². The van der Waals surface area contributed by atoms with Crippen molar-refractivity contribution in [1.29, 1.82) is 0 Å². The van der Waals surface area contributed by atoms with Gasteiger partial charge in [0, 0.05) is 23.6 Å². The number of nitrogens with zero attached hydrogens (tertiary/aromatic N) is 4. The smallest absolute Gasteiger partial charge is 0.247 e. The Labute approximate surface area is 165 Å². The van der Waals surface area contributed by atoms with Crippen molar-refractivity contribution in [3.63, 3.8) is 0 Å². The topological polar surface area (TPSA) is 93.8 Å². The molecule has 1 amide bonds. The summed E-state index contributed by atoms with van der Waals surface area (Å²) in [6, 6.07) is 15.2. The van der Waals surface area contributed by atoms with Crippen LogP contribution in [0, 0.1) is 0 Å². The third-order valence-corrected chi connectivity index (χ3v) is 4.88. The molecule has 0 saturated carbocycles. The first-order valence-electron chi connectivity index (χ1n) is 8.78. The lowest BCUT2D eigenvalue weighted by molar-refractivity contribution is -0.121. The zero-order chi connectivity index (χ0) is 19.2. The van der Waals surface area contributed by atoms with Gasteiger partial charge in [-0.25, -0.2) is 4.98 Å². The predicted octanol–water partition coefficient (Wildman–Crippen LogP) is 3.50. The lowest BCUT2D eigenvalue weighted by atomic mass is 10.2. The Morgan fingerprint density at radius 2 is 1.93 bits per heavy atom. The quantitative estimate of drug-likeness (QED) is 0.518.